The largest absolute Gasteiger partial charge is 0.493 e. The summed E-state index contributed by atoms with van der Waals surface area (Å²) in [5.41, 5.74) is 6.77. The van der Waals surface area contributed by atoms with Crippen LogP contribution in [0, 0.1) is 13.8 Å². The fraction of sp³-hybridized carbons (Fsp3) is 0.308. The lowest BCUT2D eigenvalue weighted by atomic mass is 10.2. The Labute approximate surface area is 106 Å². The summed E-state index contributed by atoms with van der Waals surface area (Å²) < 4.78 is 5.60. The molecule has 18 heavy (non-hydrogen) atoms. The molecule has 0 aliphatic carbocycles. The Balaban J connectivity index is 1.90. The van der Waals surface area contributed by atoms with Gasteiger partial charge in [-0.3, -0.25) is 0 Å². The van der Waals surface area contributed by atoms with Crippen LogP contribution in [0.5, 0.6) is 5.75 Å². The minimum atomic E-state index is 0.257. The molecule has 2 aromatic rings. The molecule has 0 aliphatic heterocycles. The summed E-state index contributed by atoms with van der Waals surface area (Å²) >= 11 is 0. The second-order valence-electron chi connectivity index (χ2n) is 4.07. The van der Waals surface area contributed by atoms with Gasteiger partial charge in [0.1, 0.15) is 17.4 Å². The van der Waals surface area contributed by atoms with Crippen LogP contribution in [0.4, 0.5) is 5.95 Å². The molecule has 5 heteroatoms. The topological polar surface area (TPSA) is 73.9 Å². The van der Waals surface area contributed by atoms with E-state index in [0.717, 1.165) is 5.75 Å². The molecule has 1 heterocycles. The van der Waals surface area contributed by atoms with Crippen molar-refractivity contribution in [2.75, 3.05) is 12.3 Å². The molecule has 1 aromatic carbocycles. The van der Waals surface area contributed by atoms with Crippen LogP contribution in [0.1, 0.15) is 17.2 Å². The Morgan fingerprint density at radius 2 is 1.78 bits per heavy atom. The van der Waals surface area contributed by atoms with E-state index in [1.165, 1.54) is 5.56 Å². The zero-order valence-electron chi connectivity index (χ0n) is 10.6. The normalized spacial score (nSPS) is 10.3. The number of benzene rings is 1. The minimum absolute atomic E-state index is 0.257. The smallest absolute Gasteiger partial charge is 0.223 e. The third-order valence-corrected chi connectivity index (χ3v) is 2.43. The van der Waals surface area contributed by atoms with Gasteiger partial charge in [-0.05, 0) is 26.0 Å². The highest BCUT2D eigenvalue weighted by atomic mass is 16.5. The minimum Gasteiger partial charge on any atom is -0.493 e. The van der Waals surface area contributed by atoms with Gasteiger partial charge in [0.25, 0.3) is 0 Å². The first-order valence-electron chi connectivity index (χ1n) is 5.80. The first-order valence-corrected chi connectivity index (χ1v) is 5.80. The van der Waals surface area contributed by atoms with Crippen molar-refractivity contribution >= 4 is 5.95 Å². The van der Waals surface area contributed by atoms with Crippen LogP contribution in [0.25, 0.3) is 0 Å². The summed E-state index contributed by atoms with van der Waals surface area (Å²) in [5, 5.41) is 0. The molecule has 0 fully saturated rings. The molecule has 5 nitrogen and oxygen atoms in total. The van der Waals surface area contributed by atoms with E-state index in [1.807, 2.05) is 31.2 Å². The molecule has 0 bridgehead atoms. The molecule has 94 valence electrons. The number of nitrogen functional groups attached to an aromatic ring is 1. The molecule has 2 rings (SSSR count). The summed E-state index contributed by atoms with van der Waals surface area (Å²) in [6, 6.07) is 7.92. The predicted octanol–water partition coefficient (Wildman–Crippen LogP) is 1.69. The lowest BCUT2D eigenvalue weighted by Gasteiger charge is -2.06. The second-order valence-corrected chi connectivity index (χ2v) is 4.07. The fourth-order valence-corrected chi connectivity index (χ4v) is 1.57. The highest BCUT2D eigenvalue weighted by Gasteiger charge is 2.02. The summed E-state index contributed by atoms with van der Waals surface area (Å²) in [6.45, 7) is 4.36. The molecule has 0 radical (unpaired) electrons. The van der Waals surface area contributed by atoms with Crippen LogP contribution in [0.2, 0.25) is 0 Å². The van der Waals surface area contributed by atoms with Gasteiger partial charge < -0.3 is 10.5 Å². The van der Waals surface area contributed by atoms with Crippen molar-refractivity contribution in [2.45, 2.75) is 20.3 Å². The van der Waals surface area contributed by atoms with Crippen LogP contribution in [-0.2, 0) is 6.42 Å². The van der Waals surface area contributed by atoms with Gasteiger partial charge in [-0.25, -0.2) is 4.98 Å². The molecule has 1 aromatic heterocycles. The van der Waals surface area contributed by atoms with Crippen LogP contribution in [0.15, 0.2) is 24.3 Å². The zero-order valence-corrected chi connectivity index (χ0v) is 10.6. The third kappa shape index (κ3) is 3.41. The van der Waals surface area contributed by atoms with Crippen molar-refractivity contribution in [1.82, 2.24) is 15.0 Å². The molecule has 0 amide bonds. The first kappa shape index (κ1) is 12.3. The van der Waals surface area contributed by atoms with E-state index in [-0.39, 0.29) is 5.95 Å². The number of rotatable bonds is 4. The van der Waals surface area contributed by atoms with Gasteiger partial charge in [-0.1, -0.05) is 17.7 Å². The number of nitrogens with two attached hydrogens (primary N) is 1. The van der Waals surface area contributed by atoms with E-state index in [1.54, 1.807) is 6.92 Å². The number of hydrogen-bond donors (Lipinski definition) is 1. The monoisotopic (exact) mass is 244 g/mol. The van der Waals surface area contributed by atoms with Gasteiger partial charge in [0, 0.05) is 6.42 Å². The SMILES string of the molecule is Cc1ccc(OCCc2nc(C)nc(N)n2)cc1. The van der Waals surface area contributed by atoms with E-state index >= 15 is 0 Å². The summed E-state index contributed by atoms with van der Waals surface area (Å²) in [7, 11) is 0. The van der Waals surface area contributed by atoms with E-state index < -0.39 is 0 Å². The lowest BCUT2D eigenvalue weighted by Crippen LogP contribution is -2.09. The van der Waals surface area contributed by atoms with Crippen molar-refractivity contribution in [1.29, 1.82) is 0 Å². The maximum absolute atomic E-state index is 5.60. The number of ether oxygens (including phenoxy) is 1. The number of aromatic nitrogens is 3. The van der Waals surface area contributed by atoms with E-state index in [9.17, 15) is 0 Å². The molecule has 0 atom stereocenters. The average molecular weight is 244 g/mol. The maximum Gasteiger partial charge on any atom is 0.223 e. The van der Waals surface area contributed by atoms with Crippen LogP contribution in [0.3, 0.4) is 0 Å². The van der Waals surface area contributed by atoms with Gasteiger partial charge in [0.05, 0.1) is 6.61 Å². The number of anilines is 1. The predicted molar refractivity (Wildman–Crippen MR) is 69.4 cm³/mol. The molecular formula is C13H16N4O. The fourth-order valence-electron chi connectivity index (χ4n) is 1.57. The molecule has 0 spiro atoms. The lowest BCUT2D eigenvalue weighted by molar-refractivity contribution is 0.318. The summed E-state index contributed by atoms with van der Waals surface area (Å²) in [6.07, 6.45) is 0.613. The number of hydrogen-bond acceptors (Lipinski definition) is 5. The highest BCUT2D eigenvalue weighted by molar-refractivity contribution is 5.26. The van der Waals surface area contributed by atoms with Gasteiger partial charge in [-0.15, -0.1) is 0 Å². The van der Waals surface area contributed by atoms with Crippen molar-refractivity contribution in [3.63, 3.8) is 0 Å². The number of aryl methyl sites for hydroxylation is 2. The first-order chi connectivity index (χ1) is 8.63. The number of nitrogens with zero attached hydrogens (tertiary/aromatic N) is 3. The second kappa shape index (κ2) is 5.44. The van der Waals surface area contributed by atoms with Crippen molar-refractivity contribution in [3.8, 4) is 5.75 Å². The standard InChI is InChI=1S/C13H16N4O/c1-9-3-5-11(6-4-9)18-8-7-12-15-10(2)16-13(14)17-12/h3-6H,7-8H2,1-2H3,(H2,14,15,16,17). The molecule has 0 saturated heterocycles. The third-order valence-electron chi connectivity index (χ3n) is 2.43. The van der Waals surface area contributed by atoms with Crippen LogP contribution < -0.4 is 10.5 Å². The van der Waals surface area contributed by atoms with Gasteiger partial charge in [-0.2, -0.15) is 9.97 Å². The molecule has 0 saturated carbocycles. The van der Waals surface area contributed by atoms with E-state index in [4.69, 9.17) is 10.5 Å². The molecular weight excluding hydrogens is 228 g/mol. The Kier molecular flexibility index (Phi) is 3.72. The van der Waals surface area contributed by atoms with E-state index in [0.29, 0.717) is 24.7 Å². The van der Waals surface area contributed by atoms with Crippen LogP contribution >= 0.6 is 0 Å². The summed E-state index contributed by atoms with van der Waals surface area (Å²) in [5.74, 6) is 2.40. The van der Waals surface area contributed by atoms with E-state index in [2.05, 4.69) is 15.0 Å². The Hall–Kier alpha value is -2.17. The van der Waals surface area contributed by atoms with Crippen molar-refractivity contribution in [2.24, 2.45) is 0 Å². The van der Waals surface area contributed by atoms with Crippen molar-refractivity contribution in [3.05, 3.63) is 41.5 Å². The quantitative estimate of drug-likeness (QED) is 0.886. The maximum atomic E-state index is 5.60. The van der Waals surface area contributed by atoms with Gasteiger partial charge in [0.2, 0.25) is 5.95 Å². The molecule has 2 N–H and O–H groups in total. The molecule has 0 unspecified atom stereocenters. The Morgan fingerprint density at radius 1 is 1.06 bits per heavy atom. The Bertz CT molecular complexity index is 505. The highest BCUT2D eigenvalue weighted by Crippen LogP contribution is 2.11. The van der Waals surface area contributed by atoms with Gasteiger partial charge >= 0.3 is 0 Å². The summed E-state index contributed by atoms with van der Waals surface area (Å²) in [4.78, 5) is 12.2. The zero-order chi connectivity index (χ0) is 13.0. The Morgan fingerprint density at radius 3 is 2.44 bits per heavy atom. The van der Waals surface area contributed by atoms with Crippen LogP contribution in [-0.4, -0.2) is 21.6 Å². The van der Waals surface area contributed by atoms with Crippen molar-refractivity contribution < 1.29 is 4.74 Å². The molecule has 0 aliphatic rings. The average Bonchev–Trinajstić information content (AvgIpc) is 2.30. The van der Waals surface area contributed by atoms with Gasteiger partial charge in [0.15, 0.2) is 0 Å².